The third kappa shape index (κ3) is 5.76. The molecule has 0 saturated carbocycles. The van der Waals surface area contributed by atoms with E-state index in [4.69, 9.17) is 4.74 Å². The van der Waals surface area contributed by atoms with Crippen LogP contribution in [0, 0.1) is 13.8 Å². The Morgan fingerprint density at radius 1 is 1.00 bits per heavy atom. The van der Waals surface area contributed by atoms with Crippen molar-refractivity contribution in [1.82, 2.24) is 15.3 Å². The number of benzene rings is 3. The van der Waals surface area contributed by atoms with Crippen LogP contribution in [0.4, 0.5) is 5.95 Å². The van der Waals surface area contributed by atoms with Crippen molar-refractivity contribution >= 4 is 21.9 Å². The Kier molecular flexibility index (Phi) is 7.32. The van der Waals surface area contributed by atoms with Gasteiger partial charge in [-0.3, -0.25) is 0 Å². The molecule has 1 atom stereocenters. The van der Waals surface area contributed by atoms with Crippen molar-refractivity contribution in [3.63, 3.8) is 0 Å². The first kappa shape index (κ1) is 26.3. The Bertz CT molecular complexity index is 1640. The second-order valence-electron chi connectivity index (χ2n) is 9.39. The molecule has 39 heavy (non-hydrogen) atoms. The standard InChI is InChI=1S/C29H28N4O5S/c1-18-7-5-8-19(2)27(18)24-16-26(38-25-13-14-30-17-21-9-3-4-12-23(21)25)32-29(31-24)33-39(36,37)22-11-6-10-20(15-22)28(34)35/h3-12,15-16,25,30H,13-14,17H2,1-2H3,(H,34,35)(H,31,32,33). The van der Waals surface area contributed by atoms with Gasteiger partial charge in [-0.2, -0.15) is 4.98 Å². The molecule has 5 rings (SSSR count). The van der Waals surface area contributed by atoms with Crippen LogP contribution in [0.15, 0.2) is 77.7 Å². The van der Waals surface area contributed by atoms with E-state index >= 15 is 0 Å². The van der Waals surface area contributed by atoms with Gasteiger partial charge < -0.3 is 15.2 Å². The van der Waals surface area contributed by atoms with Crippen LogP contribution >= 0.6 is 0 Å². The Morgan fingerprint density at radius 2 is 1.74 bits per heavy atom. The minimum atomic E-state index is -4.20. The molecule has 2 heterocycles. The van der Waals surface area contributed by atoms with E-state index in [1.165, 1.54) is 18.2 Å². The van der Waals surface area contributed by atoms with Crippen LogP contribution in [0.1, 0.15) is 45.1 Å². The summed E-state index contributed by atoms with van der Waals surface area (Å²) in [5.41, 5.74) is 5.31. The molecule has 1 aromatic heterocycles. The molecular weight excluding hydrogens is 516 g/mol. The zero-order chi connectivity index (χ0) is 27.6. The van der Waals surface area contributed by atoms with Gasteiger partial charge in [-0.15, -0.1) is 0 Å². The van der Waals surface area contributed by atoms with Crippen molar-refractivity contribution in [1.29, 1.82) is 0 Å². The van der Waals surface area contributed by atoms with E-state index in [1.54, 1.807) is 6.07 Å². The number of ether oxygens (including phenoxy) is 1. The molecule has 0 saturated heterocycles. The van der Waals surface area contributed by atoms with Gasteiger partial charge in [0.05, 0.1) is 16.2 Å². The lowest BCUT2D eigenvalue weighted by Gasteiger charge is -2.20. The fourth-order valence-corrected chi connectivity index (χ4v) is 5.73. The second-order valence-corrected chi connectivity index (χ2v) is 11.1. The van der Waals surface area contributed by atoms with Crippen LogP contribution in [-0.4, -0.2) is 36.0 Å². The summed E-state index contributed by atoms with van der Waals surface area (Å²) in [6.07, 6.45) is 0.400. The molecule has 1 aliphatic rings. The van der Waals surface area contributed by atoms with E-state index in [-0.39, 0.29) is 28.4 Å². The largest absolute Gasteiger partial charge is 0.478 e. The highest BCUT2D eigenvalue weighted by molar-refractivity contribution is 7.92. The lowest BCUT2D eigenvalue weighted by molar-refractivity contribution is 0.0696. The summed E-state index contributed by atoms with van der Waals surface area (Å²) in [6.45, 7) is 5.39. The van der Waals surface area contributed by atoms with E-state index < -0.39 is 16.0 Å². The molecule has 3 aromatic carbocycles. The van der Waals surface area contributed by atoms with Crippen molar-refractivity contribution in [2.75, 3.05) is 11.3 Å². The second kappa shape index (κ2) is 10.8. The van der Waals surface area contributed by atoms with E-state index in [0.717, 1.165) is 47.0 Å². The van der Waals surface area contributed by atoms with Gasteiger partial charge in [-0.1, -0.05) is 48.5 Å². The van der Waals surface area contributed by atoms with Crippen LogP contribution in [0.5, 0.6) is 5.88 Å². The predicted molar refractivity (Wildman–Crippen MR) is 147 cm³/mol. The first-order chi connectivity index (χ1) is 18.7. The monoisotopic (exact) mass is 544 g/mol. The summed E-state index contributed by atoms with van der Waals surface area (Å²) in [5, 5.41) is 12.7. The van der Waals surface area contributed by atoms with Crippen molar-refractivity contribution < 1.29 is 23.1 Å². The van der Waals surface area contributed by atoms with Crippen molar-refractivity contribution in [2.45, 2.75) is 37.8 Å². The number of rotatable bonds is 7. The number of anilines is 1. The van der Waals surface area contributed by atoms with E-state index in [9.17, 15) is 18.3 Å². The third-order valence-electron chi connectivity index (χ3n) is 6.62. The smallest absolute Gasteiger partial charge is 0.335 e. The summed E-state index contributed by atoms with van der Waals surface area (Å²) in [6, 6.07) is 20.7. The molecular formula is C29H28N4O5S. The molecule has 1 unspecified atom stereocenters. The summed E-state index contributed by atoms with van der Waals surface area (Å²) in [7, 11) is -4.20. The number of fused-ring (bicyclic) bond motifs is 1. The first-order valence-corrected chi connectivity index (χ1v) is 14.0. The van der Waals surface area contributed by atoms with Gasteiger partial charge >= 0.3 is 5.97 Å². The number of sulfonamides is 1. The Hall–Kier alpha value is -4.28. The van der Waals surface area contributed by atoms with Gasteiger partial charge in [0.15, 0.2) is 0 Å². The SMILES string of the molecule is Cc1cccc(C)c1-c1cc(OC2CCNCc3ccccc32)nc(NS(=O)(=O)c2cccc(C(=O)O)c2)n1. The van der Waals surface area contributed by atoms with Gasteiger partial charge in [0, 0.05) is 24.6 Å². The zero-order valence-electron chi connectivity index (χ0n) is 21.5. The van der Waals surface area contributed by atoms with Gasteiger partial charge in [0.25, 0.3) is 10.0 Å². The van der Waals surface area contributed by atoms with Gasteiger partial charge in [0.1, 0.15) is 6.10 Å². The van der Waals surface area contributed by atoms with Crippen LogP contribution in [0.2, 0.25) is 0 Å². The van der Waals surface area contributed by atoms with E-state index in [2.05, 4.69) is 26.1 Å². The Balaban J connectivity index is 1.57. The average molecular weight is 545 g/mol. The third-order valence-corrected chi connectivity index (χ3v) is 7.95. The minimum Gasteiger partial charge on any atom is -0.478 e. The first-order valence-electron chi connectivity index (χ1n) is 12.5. The molecule has 0 bridgehead atoms. The highest BCUT2D eigenvalue weighted by atomic mass is 32.2. The number of carbonyl (C=O) groups is 1. The van der Waals surface area contributed by atoms with Crippen LogP contribution < -0.4 is 14.8 Å². The highest BCUT2D eigenvalue weighted by Crippen LogP contribution is 2.33. The number of aryl methyl sites for hydroxylation is 2. The lowest BCUT2D eigenvalue weighted by atomic mass is 10.00. The van der Waals surface area contributed by atoms with Crippen LogP contribution in [-0.2, 0) is 16.6 Å². The quantitative estimate of drug-likeness (QED) is 0.300. The molecule has 200 valence electrons. The maximum atomic E-state index is 13.2. The topological polar surface area (TPSA) is 131 Å². The molecule has 1 aliphatic heterocycles. The number of hydrogen-bond donors (Lipinski definition) is 3. The fourth-order valence-electron chi connectivity index (χ4n) is 4.74. The van der Waals surface area contributed by atoms with Gasteiger partial charge in [0.2, 0.25) is 11.8 Å². The molecule has 0 radical (unpaired) electrons. The number of aromatic nitrogens is 2. The van der Waals surface area contributed by atoms with Crippen LogP contribution in [0.25, 0.3) is 11.3 Å². The number of carboxylic acid groups (broad SMARTS) is 1. The summed E-state index contributed by atoms with van der Waals surface area (Å²) < 4.78 is 35.3. The molecule has 3 N–H and O–H groups in total. The Morgan fingerprint density at radius 3 is 2.51 bits per heavy atom. The normalized spacial score (nSPS) is 15.2. The minimum absolute atomic E-state index is 0.146. The summed E-state index contributed by atoms with van der Waals surface area (Å²) >= 11 is 0. The maximum absolute atomic E-state index is 13.2. The van der Waals surface area contributed by atoms with Gasteiger partial charge in [-0.25, -0.2) is 22.9 Å². The molecule has 10 heteroatoms. The molecule has 0 spiro atoms. The van der Waals surface area contributed by atoms with Crippen molar-refractivity contribution in [3.05, 3.63) is 101 Å². The number of hydrogen-bond acceptors (Lipinski definition) is 7. The van der Waals surface area contributed by atoms with Crippen molar-refractivity contribution in [3.8, 4) is 17.1 Å². The molecule has 0 aliphatic carbocycles. The van der Waals surface area contributed by atoms with Gasteiger partial charge in [-0.05, 0) is 60.8 Å². The van der Waals surface area contributed by atoms with E-state index in [0.29, 0.717) is 12.1 Å². The van der Waals surface area contributed by atoms with E-state index in [1.807, 2.05) is 50.2 Å². The fraction of sp³-hybridized carbons (Fsp3) is 0.207. The number of aromatic carboxylic acids is 1. The summed E-state index contributed by atoms with van der Waals surface area (Å²) in [5.74, 6) is -1.18. The number of nitrogens with one attached hydrogen (secondary N) is 2. The molecule has 9 nitrogen and oxygen atoms in total. The molecule has 0 fully saturated rings. The van der Waals surface area contributed by atoms with Crippen LogP contribution in [0.3, 0.4) is 0 Å². The summed E-state index contributed by atoms with van der Waals surface area (Å²) in [4.78, 5) is 20.1. The average Bonchev–Trinajstić information content (AvgIpc) is 3.10. The Labute approximate surface area is 227 Å². The molecule has 4 aromatic rings. The zero-order valence-corrected chi connectivity index (χ0v) is 22.3. The lowest BCUT2D eigenvalue weighted by Crippen LogP contribution is -2.17. The predicted octanol–water partition coefficient (Wildman–Crippen LogP) is 4.87. The van der Waals surface area contributed by atoms with Crippen molar-refractivity contribution in [2.24, 2.45) is 0 Å². The molecule has 0 amide bonds. The number of carboxylic acids is 1. The number of nitrogens with zero attached hydrogens (tertiary/aromatic N) is 2. The maximum Gasteiger partial charge on any atom is 0.335 e. The highest BCUT2D eigenvalue weighted by Gasteiger charge is 2.23.